The lowest BCUT2D eigenvalue weighted by molar-refractivity contribution is 0.0256. The third kappa shape index (κ3) is 3.81. The van der Waals surface area contributed by atoms with Gasteiger partial charge in [-0.3, -0.25) is 4.79 Å². The zero-order valence-electron chi connectivity index (χ0n) is 9.10. The second-order valence-corrected chi connectivity index (χ2v) is 3.24. The number of ketones is 1. The van der Waals surface area contributed by atoms with Crippen molar-refractivity contribution < 1.29 is 14.3 Å². The van der Waals surface area contributed by atoms with Gasteiger partial charge < -0.3 is 9.47 Å². The van der Waals surface area contributed by atoms with Gasteiger partial charge in [0.2, 0.25) is 0 Å². The van der Waals surface area contributed by atoms with Crippen LogP contribution in [0.15, 0.2) is 30.3 Å². The Hall–Kier alpha value is -1.19. The molecule has 0 heterocycles. The highest BCUT2D eigenvalue weighted by molar-refractivity contribution is 5.99. The van der Waals surface area contributed by atoms with E-state index in [1.165, 1.54) is 0 Å². The SMILES string of the molecule is COCCOC(C)C(=O)c1ccccc1. The fourth-order valence-electron chi connectivity index (χ4n) is 1.22. The van der Waals surface area contributed by atoms with E-state index in [0.717, 1.165) is 0 Å². The number of benzene rings is 1. The summed E-state index contributed by atoms with van der Waals surface area (Å²) in [5, 5.41) is 0. The molecule has 3 heteroatoms. The molecule has 0 spiro atoms. The van der Waals surface area contributed by atoms with E-state index in [0.29, 0.717) is 18.8 Å². The van der Waals surface area contributed by atoms with Crippen LogP contribution in [0.25, 0.3) is 0 Å². The van der Waals surface area contributed by atoms with Crippen LogP contribution in [0.1, 0.15) is 17.3 Å². The normalized spacial score (nSPS) is 12.4. The molecule has 1 aromatic rings. The molecule has 0 aliphatic rings. The highest BCUT2D eigenvalue weighted by Gasteiger charge is 2.14. The first-order valence-corrected chi connectivity index (χ1v) is 4.95. The van der Waals surface area contributed by atoms with Gasteiger partial charge in [0, 0.05) is 12.7 Å². The number of carbonyl (C=O) groups is 1. The summed E-state index contributed by atoms with van der Waals surface area (Å²) < 4.78 is 10.2. The van der Waals surface area contributed by atoms with E-state index in [2.05, 4.69) is 0 Å². The number of hydrogen-bond acceptors (Lipinski definition) is 3. The van der Waals surface area contributed by atoms with E-state index in [9.17, 15) is 4.79 Å². The number of carbonyl (C=O) groups excluding carboxylic acids is 1. The molecule has 1 unspecified atom stereocenters. The Morgan fingerprint density at radius 3 is 2.53 bits per heavy atom. The topological polar surface area (TPSA) is 35.5 Å². The van der Waals surface area contributed by atoms with Crippen LogP contribution in [0.2, 0.25) is 0 Å². The van der Waals surface area contributed by atoms with Crippen LogP contribution in [0.5, 0.6) is 0 Å². The number of methoxy groups -OCH3 is 1. The maximum Gasteiger partial charge on any atom is 0.191 e. The summed E-state index contributed by atoms with van der Waals surface area (Å²) in [4.78, 5) is 11.8. The minimum Gasteiger partial charge on any atom is -0.382 e. The van der Waals surface area contributed by atoms with Gasteiger partial charge in [-0.15, -0.1) is 0 Å². The number of Topliss-reactive ketones (excluding diaryl/α,β-unsaturated/α-hetero) is 1. The number of ether oxygens (including phenoxy) is 2. The molecule has 0 amide bonds. The van der Waals surface area contributed by atoms with E-state index in [1.807, 2.05) is 18.2 Å². The van der Waals surface area contributed by atoms with Crippen LogP contribution in [-0.4, -0.2) is 32.2 Å². The molecule has 0 bridgehead atoms. The van der Waals surface area contributed by atoms with Crippen molar-refractivity contribution in [3.05, 3.63) is 35.9 Å². The molecule has 0 aliphatic heterocycles. The molecule has 0 fully saturated rings. The van der Waals surface area contributed by atoms with Gasteiger partial charge in [-0.1, -0.05) is 30.3 Å². The minimum absolute atomic E-state index is 0.00621. The van der Waals surface area contributed by atoms with Crippen LogP contribution in [0.4, 0.5) is 0 Å². The van der Waals surface area contributed by atoms with Crippen molar-refractivity contribution in [2.24, 2.45) is 0 Å². The fourth-order valence-corrected chi connectivity index (χ4v) is 1.22. The molecule has 1 rings (SSSR count). The zero-order chi connectivity index (χ0) is 11.1. The molecule has 82 valence electrons. The summed E-state index contributed by atoms with van der Waals surface area (Å²) in [5.74, 6) is 0.00621. The second-order valence-electron chi connectivity index (χ2n) is 3.24. The predicted molar refractivity (Wildman–Crippen MR) is 58.1 cm³/mol. The molecular formula is C12H16O3. The van der Waals surface area contributed by atoms with Gasteiger partial charge in [-0.05, 0) is 6.92 Å². The summed E-state index contributed by atoms with van der Waals surface area (Å²) in [6, 6.07) is 9.15. The van der Waals surface area contributed by atoms with Gasteiger partial charge in [0.1, 0.15) is 6.10 Å². The van der Waals surface area contributed by atoms with Crippen molar-refractivity contribution in [3.63, 3.8) is 0 Å². The third-order valence-corrected chi connectivity index (χ3v) is 2.08. The van der Waals surface area contributed by atoms with E-state index in [1.54, 1.807) is 26.2 Å². The number of hydrogen-bond donors (Lipinski definition) is 0. The molecule has 0 saturated heterocycles. The van der Waals surface area contributed by atoms with E-state index in [-0.39, 0.29) is 5.78 Å². The van der Waals surface area contributed by atoms with Gasteiger partial charge >= 0.3 is 0 Å². The molecule has 0 N–H and O–H groups in total. The lowest BCUT2D eigenvalue weighted by Crippen LogP contribution is -2.22. The Morgan fingerprint density at radius 2 is 1.93 bits per heavy atom. The fraction of sp³-hybridized carbons (Fsp3) is 0.417. The molecule has 0 saturated carbocycles. The van der Waals surface area contributed by atoms with Crippen LogP contribution in [-0.2, 0) is 9.47 Å². The maximum absolute atomic E-state index is 11.8. The predicted octanol–water partition coefficient (Wildman–Crippen LogP) is 1.92. The lowest BCUT2D eigenvalue weighted by Gasteiger charge is -2.11. The van der Waals surface area contributed by atoms with Crippen LogP contribution < -0.4 is 0 Å². The summed E-state index contributed by atoms with van der Waals surface area (Å²) in [7, 11) is 1.60. The minimum atomic E-state index is -0.414. The lowest BCUT2D eigenvalue weighted by atomic mass is 10.1. The Balaban J connectivity index is 2.46. The summed E-state index contributed by atoms with van der Waals surface area (Å²) in [6.07, 6.45) is -0.414. The van der Waals surface area contributed by atoms with Gasteiger partial charge in [-0.2, -0.15) is 0 Å². The average molecular weight is 208 g/mol. The van der Waals surface area contributed by atoms with Crippen molar-refractivity contribution in [3.8, 4) is 0 Å². The molecule has 0 radical (unpaired) electrons. The van der Waals surface area contributed by atoms with Crippen LogP contribution >= 0.6 is 0 Å². The van der Waals surface area contributed by atoms with Gasteiger partial charge in [0.15, 0.2) is 5.78 Å². The standard InChI is InChI=1S/C12H16O3/c1-10(15-9-8-14-2)12(13)11-6-4-3-5-7-11/h3-7,10H,8-9H2,1-2H3. The van der Waals surface area contributed by atoms with Crippen molar-refractivity contribution in [2.45, 2.75) is 13.0 Å². The van der Waals surface area contributed by atoms with Gasteiger partial charge in [0.25, 0.3) is 0 Å². The van der Waals surface area contributed by atoms with E-state index < -0.39 is 6.10 Å². The monoisotopic (exact) mass is 208 g/mol. The molecular weight excluding hydrogens is 192 g/mol. The Labute approximate surface area is 90.0 Å². The smallest absolute Gasteiger partial charge is 0.191 e. The molecule has 3 nitrogen and oxygen atoms in total. The molecule has 15 heavy (non-hydrogen) atoms. The second kappa shape index (κ2) is 6.32. The summed E-state index contributed by atoms with van der Waals surface area (Å²) >= 11 is 0. The highest BCUT2D eigenvalue weighted by atomic mass is 16.5. The molecule has 1 aromatic carbocycles. The summed E-state index contributed by atoms with van der Waals surface area (Å²) in [6.45, 7) is 2.70. The zero-order valence-corrected chi connectivity index (χ0v) is 9.10. The van der Waals surface area contributed by atoms with Crippen molar-refractivity contribution in [1.29, 1.82) is 0 Å². The molecule has 0 aliphatic carbocycles. The Kier molecular flexibility index (Phi) is 5.01. The van der Waals surface area contributed by atoms with Gasteiger partial charge in [0.05, 0.1) is 13.2 Å². The first-order chi connectivity index (χ1) is 7.25. The summed E-state index contributed by atoms with van der Waals surface area (Å²) in [5.41, 5.74) is 0.683. The van der Waals surface area contributed by atoms with E-state index in [4.69, 9.17) is 9.47 Å². The van der Waals surface area contributed by atoms with Gasteiger partial charge in [-0.25, -0.2) is 0 Å². The van der Waals surface area contributed by atoms with E-state index >= 15 is 0 Å². The first-order valence-electron chi connectivity index (χ1n) is 4.95. The Bertz CT molecular complexity index is 295. The van der Waals surface area contributed by atoms with Crippen molar-refractivity contribution >= 4 is 5.78 Å². The third-order valence-electron chi connectivity index (χ3n) is 2.08. The first kappa shape index (κ1) is 11.9. The number of rotatable bonds is 6. The largest absolute Gasteiger partial charge is 0.382 e. The highest BCUT2D eigenvalue weighted by Crippen LogP contribution is 2.05. The van der Waals surface area contributed by atoms with Crippen LogP contribution in [0.3, 0.4) is 0 Å². The quantitative estimate of drug-likeness (QED) is 0.529. The Morgan fingerprint density at radius 1 is 1.27 bits per heavy atom. The van der Waals surface area contributed by atoms with Crippen molar-refractivity contribution in [1.82, 2.24) is 0 Å². The van der Waals surface area contributed by atoms with Crippen molar-refractivity contribution in [2.75, 3.05) is 20.3 Å². The molecule has 0 aromatic heterocycles. The maximum atomic E-state index is 11.8. The average Bonchev–Trinajstić information content (AvgIpc) is 2.29. The van der Waals surface area contributed by atoms with Crippen LogP contribution in [0, 0.1) is 0 Å². The molecule has 1 atom stereocenters.